The third-order valence-electron chi connectivity index (χ3n) is 3.85. The quantitative estimate of drug-likeness (QED) is 0.809. The Bertz CT molecular complexity index is 569. The summed E-state index contributed by atoms with van der Waals surface area (Å²) < 4.78 is 0. The second-order valence-corrected chi connectivity index (χ2v) is 5.21. The summed E-state index contributed by atoms with van der Waals surface area (Å²) in [6, 6.07) is 5.20. The molecule has 112 valence electrons. The normalized spacial score (nSPS) is 14.8. The highest BCUT2D eigenvalue weighted by molar-refractivity contribution is 6.02. The predicted octanol–water partition coefficient (Wildman–Crippen LogP) is 1.65. The van der Waals surface area contributed by atoms with Crippen molar-refractivity contribution in [1.29, 1.82) is 0 Å². The van der Waals surface area contributed by atoms with Crippen LogP contribution in [0.15, 0.2) is 18.2 Å². The van der Waals surface area contributed by atoms with E-state index < -0.39 is 11.9 Å². The SMILES string of the molecule is CCCC(C(=O)NC=O)N1Cc2cc(CC)ccc2C1=O. The van der Waals surface area contributed by atoms with Gasteiger partial charge in [0, 0.05) is 12.1 Å². The summed E-state index contributed by atoms with van der Waals surface area (Å²) in [7, 11) is 0. The van der Waals surface area contributed by atoms with E-state index in [4.69, 9.17) is 0 Å². The van der Waals surface area contributed by atoms with Crippen LogP contribution < -0.4 is 5.32 Å². The van der Waals surface area contributed by atoms with Crippen LogP contribution in [0.1, 0.15) is 48.2 Å². The molecule has 0 bridgehead atoms. The minimum atomic E-state index is -0.592. The van der Waals surface area contributed by atoms with Crippen LogP contribution in [0.5, 0.6) is 0 Å². The van der Waals surface area contributed by atoms with Crippen molar-refractivity contribution in [3.05, 3.63) is 34.9 Å². The fourth-order valence-electron chi connectivity index (χ4n) is 2.72. The van der Waals surface area contributed by atoms with Crippen molar-refractivity contribution in [1.82, 2.24) is 10.2 Å². The van der Waals surface area contributed by atoms with E-state index in [9.17, 15) is 14.4 Å². The highest BCUT2D eigenvalue weighted by Crippen LogP contribution is 2.27. The summed E-state index contributed by atoms with van der Waals surface area (Å²) in [5, 5.41) is 2.16. The van der Waals surface area contributed by atoms with E-state index in [1.807, 2.05) is 25.1 Å². The van der Waals surface area contributed by atoms with Crippen LogP contribution in [-0.4, -0.2) is 29.2 Å². The Morgan fingerprint density at radius 2 is 2.19 bits per heavy atom. The maximum absolute atomic E-state index is 12.5. The molecule has 1 heterocycles. The van der Waals surface area contributed by atoms with E-state index in [0.29, 0.717) is 24.9 Å². The minimum absolute atomic E-state index is 0.132. The van der Waals surface area contributed by atoms with Crippen molar-refractivity contribution >= 4 is 18.2 Å². The number of amides is 3. The Morgan fingerprint density at radius 3 is 2.81 bits per heavy atom. The highest BCUT2D eigenvalue weighted by Gasteiger charge is 2.35. The second-order valence-electron chi connectivity index (χ2n) is 5.21. The summed E-state index contributed by atoms with van der Waals surface area (Å²) >= 11 is 0. The number of benzene rings is 1. The molecule has 0 radical (unpaired) electrons. The lowest BCUT2D eigenvalue weighted by molar-refractivity contribution is -0.129. The number of carbonyl (C=O) groups is 3. The van der Waals surface area contributed by atoms with Gasteiger partial charge in [-0.15, -0.1) is 0 Å². The van der Waals surface area contributed by atoms with Gasteiger partial charge < -0.3 is 4.90 Å². The largest absolute Gasteiger partial charge is 0.322 e. The van der Waals surface area contributed by atoms with E-state index in [2.05, 4.69) is 12.2 Å². The van der Waals surface area contributed by atoms with Crippen molar-refractivity contribution in [3.63, 3.8) is 0 Å². The van der Waals surface area contributed by atoms with Gasteiger partial charge >= 0.3 is 0 Å². The fourth-order valence-corrected chi connectivity index (χ4v) is 2.72. The summed E-state index contributed by atoms with van der Waals surface area (Å²) in [4.78, 5) is 36.5. The number of nitrogens with one attached hydrogen (secondary N) is 1. The van der Waals surface area contributed by atoms with Crippen LogP contribution in [0.3, 0.4) is 0 Å². The molecule has 0 aliphatic carbocycles. The Labute approximate surface area is 124 Å². The Hall–Kier alpha value is -2.17. The number of hydrogen-bond acceptors (Lipinski definition) is 3. The third-order valence-corrected chi connectivity index (χ3v) is 3.85. The number of rotatable bonds is 6. The number of carbonyl (C=O) groups excluding carboxylic acids is 3. The summed E-state index contributed by atoms with van der Waals surface area (Å²) in [6.07, 6.45) is 2.58. The first-order chi connectivity index (χ1) is 10.1. The molecule has 1 aliphatic rings. The first kappa shape index (κ1) is 15.2. The first-order valence-corrected chi connectivity index (χ1v) is 7.29. The van der Waals surface area contributed by atoms with E-state index in [-0.39, 0.29) is 5.91 Å². The molecule has 5 heteroatoms. The zero-order chi connectivity index (χ0) is 15.4. The average Bonchev–Trinajstić information content (AvgIpc) is 2.81. The molecule has 2 rings (SSSR count). The second kappa shape index (κ2) is 6.52. The number of nitrogens with zero attached hydrogens (tertiary/aromatic N) is 1. The van der Waals surface area contributed by atoms with Gasteiger partial charge in [0.25, 0.3) is 5.91 Å². The number of hydrogen-bond donors (Lipinski definition) is 1. The lowest BCUT2D eigenvalue weighted by Gasteiger charge is -2.25. The molecule has 1 aromatic carbocycles. The van der Waals surface area contributed by atoms with Gasteiger partial charge in [0.1, 0.15) is 6.04 Å². The van der Waals surface area contributed by atoms with E-state index >= 15 is 0 Å². The molecule has 5 nitrogen and oxygen atoms in total. The van der Waals surface area contributed by atoms with Gasteiger partial charge in [-0.05, 0) is 30.0 Å². The lowest BCUT2D eigenvalue weighted by Crippen LogP contribution is -2.46. The molecule has 0 saturated heterocycles. The molecule has 0 saturated carbocycles. The summed E-state index contributed by atoms with van der Waals surface area (Å²) in [5.41, 5.74) is 2.79. The van der Waals surface area contributed by atoms with Gasteiger partial charge in [-0.25, -0.2) is 0 Å². The van der Waals surface area contributed by atoms with Crippen LogP contribution in [0.25, 0.3) is 0 Å². The molecule has 0 fully saturated rings. The zero-order valence-electron chi connectivity index (χ0n) is 12.4. The van der Waals surface area contributed by atoms with Crippen LogP contribution in [0.4, 0.5) is 0 Å². The van der Waals surface area contributed by atoms with Crippen molar-refractivity contribution in [2.45, 2.75) is 45.7 Å². The maximum Gasteiger partial charge on any atom is 0.255 e. The van der Waals surface area contributed by atoms with Crippen LogP contribution >= 0.6 is 0 Å². The Balaban J connectivity index is 2.26. The molecular formula is C16H20N2O3. The molecule has 1 unspecified atom stereocenters. The lowest BCUT2D eigenvalue weighted by atomic mass is 10.0. The molecule has 3 amide bonds. The maximum atomic E-state index is 12.5. The molecule has 0 aromatic heterocycles. The van der Waals surface area contributed by atoms with Gasteiger partial charge in [-0.3, -0.25) is 19.7 Å². The van der Waals surface area contributed by atoms with Gasteiger partial charge in [-0.2, -0.15) is 0 Å². The number of fused-ring (bicyclic) bond motifs is 1. The molecule has 1 N–H and O–H groups in total. The first-order valence-electron chi connectivity index (χ1n) is 7.29. The Kier molecular flexibility index (Phi) is 4.73. The molecular weight excluding hydrogens is 268 g/mol. The molecule has 1 aliphatic heterocycles. The van der Waals surface area contributed by atoms with Crippen molar-refractivity contribution in [2.24, 2.45) is 0 Å². The molecule has 1 atom stereocenters. The smallest absolute Gasteiger partial charge is 0.255 e. The van der Waals surface area contributed by atoms with Crippen LogP contribution in [0.2, 0.25) is 0 Å². The zero-order valence-corrected chi connectivity index (χ0v) is 12.4. The molecule has 21 heavy (non-hydrogen) atoms. The van der Waals surface area contributed by atoms with Crippen molar-refractivity contribution in [2.75, 3.05) is 0 Å². The number of imide groups is 1. The Morgan fingerprint density at radius 1 is 1.43 bits per heavy atom. The van der Waals surface area contributed by atoms with Crippen LogP contribution in [-0.2, 0) is 22.6 Å². The van der Waals surface area contributed by atoms with E-state index in [0.717, 1.165) is 18.4 Å². The van der Waals surface area contributed by atoms with Gasteiger partial charge in [0.2, 0.25) is 12.3 Å². The van der Waals surface area contributed by atoms with Crippen LogP contribution in [0, 0.1) is 0 Å². The van der Waals surface area contributed by atoms with E-state index in [1.165, 1.54) is 5.56 Å². The van der Waals surface area contributed by atoms with Crippen molar-refractivity contribution in [3.8, 4) is 0 Å². The number of aryl methyl sites for hydroxylation is 1. The minimum Gasteiger partial charge on any atom is -0.322 e. The average molecular weight is 288 g/mol. The summed E-state index contributed by atoms with van der Waals surface area (Å²) in [5.74, 6) is -0.545. The monoisotopic (exact) mass is 288 g/mol. The molecule has 1 aromatic rings. The molecule has 0 spiro atoms. The third kappa shape index (κ3) is 2.96. The van der Waals surface area contributed by atoms with Gasteiger partial charge in [-0.1, -0.05) is 32.4 Å². The highest BCUT2D eigenvalue weighted by atomic mass is 16.2. The van der Waals surface area contributed by atoms with Gasteiger partial charge in [0.05, 0.1) is 0 Å². The standard InChI is InChI=1S/C16H20N2O3/c1-3-5-14(15(20)17-10-19)18-9-12-8-11(4-2)6-7-13(12)16(18)21/h6-8,10,14H,3-5,9H2,1-2H3,(H,17,19,20). The van der Waals surface area contributed by atoms with Crippen molar-refractivity contribution < 1.29 is 14.4 Å². The van der Waals surface area contributed by atoms with E-state index in [1.54, 1.807) is 4.90 Å². The summed E-state index contributed by atoms with van der Waals surface area (Å²) in [6.45, 7) is 4.44. The van der Waals surface area contributed by atoms with Gasteiger partial charge in [0.15, 0.2) is 0 Å². The topological polar surface area (TPSA) is 66.5 Å². The fraction of sp³-hybridized carbons (Fsp3) is 0.438. The predicted molar refractivity (Wildman–Crippen MR) is 78.6 cm³/mol.